The first-order chi connectivity index (χ1) is 10.3. The minimum absolute atomic E-state index is 0.0108. The molecule has 0 aliphatic carbocycles. The van der Waals surface area contributed by atoms with E-state index in [4.69, 9.17) is 4.74 Å². The number of aromatic nitrogens is 1. The number of anilines is 1. The Labute approximate surface area is 131 Å². The fourth-order valence-corrected chi connectivity index (χ4v) is 3.87. The topological polar surface area (TPSA) is 51.2 Å². The van der Waals surface area contributed by atoms with Crippen LogP contribution in [0.1, 0.15) is 12.8 Å². The van der Waals surface area contributed by atoms with Crippen LogP contribution in [0.15, 0.2) is 44.9 Å². The van der Waals surface area contributed by atoms with Gasteiger partial charge in [0.25, 0.3) is 0 Å². The third-order valence-corrected chi connectivity index (χ3v) is 5.23. The van der Waals surface area contributed by atoms with E-state index in [1.165, 1.54) is 4.21 Å². The van der Waals surface area contributed by atoms with E-state index in [0.717, 1.165) is 17.9 Å². The molecule has 1 saturated heterocycles. The van der Waals surface area contributed by atoms with Crippen LogP contribution in [-0.4, -0.2) is 24.1 Å². The van der Waals surface area contributed by atoms with Crippen molar-refractivity contribution >= 4 is 34.8 Å². The van der Waals surface area contributed by atoms with Crippen LogP contribution >= 0.6 is 23.1 Å². The Morgan fingerprint density at radius 3 is 3.10 bits per heavy atom. The van der Waals surface area contributed by atoms with Gasteiger partial charge in [0.15, 0.2) is 0 Å². The first-order valence-corrected chi connectivity index (χ1v) is 8.54. The molecule has 3 rings (SSSR count). The SMILES string of the molecule is O=C(C[C@H]1CCOC1)Nc1ccc(Sc2cccs2)cn1. The molecule has 0 saturated carbocycles. The number of rotatable bonds is 5. The van der Waals surface area contributed by atoms with Crippen molar-refractivity contribution < 1.29 is 9.53 Å². The Morgan fingerprint density at radius 2 is 2.43 bits per heavy atom. The molecule has 2 aromatic rings. The zero-order valence-corrected chi connectivity index (χ0v) is 13.1. The molecule has 1 atom stereocenters. The van der Waals surface area contributed by atoms with Crippen molar-refractivity contribution in [2.24, 2.45) is 5.92 Å². The number of nitrogens with zero attached hydrogens (tertiary/aromatic N) is 1. The highest BCUT2D eigenvalue weighted by Gasteiger charge is 2.19. The number of ether oxygens (including phenoxy) is 1. The second-order valence-electron chi connectivity index (χ2n) is 4.90. The van der Waals surface area contributed by atoms with E-state index in [1.54, 1.807) is 29.3 Å². The molecule has 4 nitrogen and oxygen atoms in total. The first-order valence-electron chi connectivity index (χ1n) is 6.84. The summed E-state index contributed by atoms with van der Waals surface area (Å²) < 4.78 is 6.51. The number of carbonyl (C=O) groups excluding carboxylic acids is 1. The quantitative estimate of drug-likeness (QED) is 0.913. The van der Waals surface area contributed by atoms with E-state index in [1.807, 2.05) is 18.2 Å². The summed E-state index contributed by atoms with van der Waals surface area (Å²) in [4.78, 5) is 17.3. The second kappa shape index (κ2) is 7.06. The Hall–Kier alpha value is -1.37. The molecule has 0 aromatic carbocycles. The average molecular weight is 320 g/mol. The Bertz CT molecular complexity index is 578. The fraction of sp³-hybridized carbons (Fsp3) is 0.333. The fourth-order valence-electron chi connectivity index (χ4n) is 2.15. The molecule has 2 aromatic heterocycles. The van der Waals surface area contributed by atoms with Gasteiger partial charge >= 0.3 is 0 Å². The van der Waals surface area contributed by atoms with Crippen LogP contribution in [0.5, 0.6) is 0 Å². The van der Waals surface area contributed by atoms with E-state index < -0.39 is 0 Å². The molecule has 3 heterocycles. The largest absolute Gasteiger partial charge is 0.381 e. The maximum atomic E-state index is 11.9. The van der Waals surface area contributed by atoms with Gasteiger partial charge in [-0.25, -0.2) is 4.98 Å². The second-order valence-corrected chi connectivity index (χ2v) is 7.22. The number of hydrogen-bond donors (Lipinski definition) is 1. The monoisotopic (exact) mass is 320 g/mol. The Balaban J connectivity index is 1.52. The summed E-state index contributed by atoms with van der Waals surface area (Å²) in [6, 6.07) is 7.93. The lowest BCUT2D eigenvalue weighted by atomic mass is 10.1. The van der Waals surface area contributed by atoms with Gasteiger partial charge in [-0.1, -0.05) is 17.8 Å². The van der Waals surface area contributed by atoms with Crippen molar-refractivity contribution in [3.63, 3.8) is 0 Å². The minimum atomic E-state index is 0.0108. The Morgan fingerprint density at radius 1 is 1.48 bits per heavy atom. The summed E-state index contributed by atoms with van der Waals surface area (Å²) >= 11 is 3.38. The van der Waals surface area contributed by atoms with E-state index in [2.05, 4.69) is 21.7 Å². The number of carbonyl (C=O) groups is 1. The molecule has 110 valence electrons. The molecule has 1 aliphatic heterocycles. The van der Waals surface area contributed by atoms with Crippen LogP contribution in [0.3, 0.4) is 0 Å². The first kappa shape index (κ1) is 14.6. The van der Waals surface area contributed by atoms with Crippen molar-refractivity contribution in [2.45, 2.75) is 21.9 Å². The van der Waals surface area contributed by atoms with Gasteiger partial charge < -0.3 is 10.1 Å². The van der Waals surface area contributed by atoms with Gasteiger partial charge in [0, 0.05) is 30.7 Å². The molecule has 1 fully saturated rings. The zero-order valence-electron chi connectivity index (χ0n) is 11.5. The number of amides is 1. The average Bonchev–Trinajstić information content (AvgIpc) is 3.14. The van der Waals surface area contributed by atoms with Crippen LogP contribution in [0.25, 0.3) is 0 Å². The van der Waals surface area contributed by atoms with E-state index in [9.17, 15) is 4.79 Å². The summed E-state index contributed by atoms with van der Waals surface area (Å²) in [6.07, 6.45) is 3.27. The summed E-state index contributed by atoms with van der Waals surface area (Å²) in [5.41, 5.74) is 0. The van der Waals surface area contributed by atoms with E-state index in [0.29, 0.717) is 24.8 Å². The summed E-state index contributed by atoms with van der Waals surface area (Å²) in [5, 5.41) is 4.90. The van der Waals surface area contributed by atoms with Gasteiger partial charge in [-0.05, 0) is 35.9 Å². The van der Waals surface area contributed by atoms with Crippen molar-refractivity contribution in [3.8, 4) is 0 Å². The molecule has 0 bridgehead atoms. The van der Waals surface area contributed by atoms with Gasteiger partial charge in [0.2, 0.25) is 5.91 Å². The minimum Gasteiger partial charge on any atom is -0.381 e. The van der Waals surface area contributed by atoms with Crippen molar-refractivity contribution in [2.75, 3.05) is 18.5 Å². The maximum absolute atomic E-state index is 11.9. The molecular weight excluding hydrogens is 304 g/mol. The van der Waals surface area contributed by atoms with Crippen LogP contribution in [-0.2, 0) is 9.53 Å². The molecule has 0 unspecified atom stereocenters. The molecular formula is C15H16N2O2S2. The van der Waals surface area contributed by atoms with Gasteiger partial charge in [0.05, 0.1) is 4.21 Å². The summed E-state index contributed by atoms with van der Waals surface area (Å²) in [7, 11) is 0. The predicted molar refractivity (Wildman–Crippen MR) is 84.9 cm³/mol. The lowest BCUT2D eigenvalue weighted by molar-refractivity contribution is -0.117. The molecule has 1 aliphatic rings. The lowest BCUT2D eigenvalue weighted by Gasteiger charge is -2.08. The summed E-state index contributed by atoms with van der Waals surface area (Å²) in [6.45, 7) is 1.46. The highest BCUT2D eigenvalue weighted by Crippen LogP contribution is 2.31. The number of nitrogens with one attached hydrogen (secondary N) is 1. The zero-order chi connectivity index (χ0) is 14.5. The molecule has 0 spiro atoms. The number of pyridine rings is 1. The van der Waals surface area contributed by atoms with Crippen LogP contribution in [0.4, 0.5) is 5.82 Å². The smallest absolute Gasteiger partial charge is 0.225 e. The normalized spacial score (nSPS) is 17.8. The van der Waals surface area contributed by atoms with Crippen molar-refractivity contribution in [1.82, 2.24) is 4.98 Å². The number of hydrogen-bond acceptors (Lipinski definition) is 5. The third-order valence-electron chi connectivity index (χ3n) is 3.22. The third kappa shape index (κ3) is 4.30. The van der Waals surface area contributed by atoms with Crippen LogP contribution in [0.2, 0.25) is 0 Å². The highest BCUT2D eigenvalue weighted by atomic mass is 32.2. The molecule has 21 heavy (non-hydrogen) atoms. The van der Waals surface area contributed by atoms with Gasteiger partial charge in [-0.3, -0.25) is 4.79 Å². The lowest BCUT2D eigenvalue weighted by Crippen LogP contribution is -2.17. The Kier molecular flexibility index (Phi) is 4.90. The van der Waals surface area contributed by atoms with Crippen molar-refractivity contribution in [3.05, 3.63) is 35.8 Å². The van der Waals surface area contributed by atoms with E-state index in [-0.39, 0.29) is 5.91 Å². The van der Waals surface area contributed by atoms with Gasteiger partial charge in [-0.15, -0.1) is 11.3 Å². The standard InChI is InChI=1S/C15H16N2O2S2/c18-14(8-11-5-6-19-10-11)17-13-4-3-12(9-16-13)21-15-2-1-7-20-15/h1-4,7,9,11H,5-6,8,10H2,(H,16,17,18)/t11-/m1/s1. The molecule has 6 heteroatoms. The van der Waals surface area contributed by atoms with Crippen LogP contribution < -0.4 is 5.32 Å². The van der Waals surface area contributed by atoms with Gasteiger partial charge in [-0.2, -0.15) is 0 Å². The molecule has 1 N–H and O–H groups in total. The van der Waals surface area contributed by atoms with Gasteiger partial charge in [0.1, 0.15) is 5.82 Å². The number of thiophene rings is 1. The molecule has 0 radical (unpaired) electrons. The van der Waals surface area contributed by atoms with Crippen molar-refractivity contribution in [1.29, 1.82) is 0 Å². The summed E-state index contributed by atoms with van der Waals surface area (Å²) in [5.74, 6) is 0.963. The highest BCUT2D eigenvalue weighted by molar-refractivity contribution is 8.01. The maximum Gasteiger partial charge on any atom is 0.225 e. The van der Waals surface area contributed by atoms with Crippen LogP contribution in [0, 0.1) is 5.92 Å². The van der Waals surface area contributed by atoms with E-state index >= 15 is 0 Å². The molecule has 1 amide bonds. The predicted octanol–water partition coefficient (Wildman–Crippen LogP) is 3.66.